The highest BCUT2D eigenvalue weighted by atomic mass is 16.5. The van der Waals surface area contributed by atoms with Gasteiger partial charge in [-0.05, 0) is 16.8 Å². The van der Waals surface area contributed by atoms with Gasteiger partial charge in [0.05, 0.1) is 5.56 Å². The molecule has 0 fully saturated rings. The van der Waals surface area contributed by atoms with Crippen LogP contribution in [0.1, 0.15) is 0 Å². The zero-order valence-electron chi connectivity index (χ0n) is 10.9. The number of fused-ring (bicyclic) bond motifs is 1. The van der Waals surface area contributed by atoms with E-state index in [9.17, 15) is 4.79 Å². The molecule has 0 aliphatic rings. The minimum Gasteiger partial charge on any atom is -0.481 e. The number of oxazole rings is 1. The average molecular weight is 284 g/mol. The fourth-order valence-corrected chi connectivity index (χ4v) is 2.18. The van der Waals surface area contributed by atoms with Crippen molar-refractivity contribution >= 4 is 22.8 Å². The van der Waals surface area contributed by atoms with Gasteiger partial charge in [0.25, 0.3) is 6.01 Å². The predicted octanol–water partition coefficient (Wildman–Crippen LogP) is 2.54. The molecule has 0 unspecified atom stereocenters. The molecule has 0 aliphatic carbocycles. The Morgan fingerprint density at radius 2 is 2.10 bits per heavy atom. The van der Waals surface area contributed by atoms with E-state index in [1.54, 1.807) is 6.07 Å². The van der Waals surface area contributed by atoms with Crippen LogP contribution in [0.25, 0.3) is 22.0 Å². The Labute approximate surface area is 119 Å². The number of aromatic nitrogens is 1. The van der Waals surface area contributed by atoms with Crippen molar-refractivity contribution in [2.75, 3.05) is 12.3 Å². The van der Waals surface area contributed by atoms with Gasteiger partial charge in [0.1, 0.15) is 17.7 Å². The molecule has 0 saturated heterocycles. The molecule has 21 heavy (non-hydrogen) atoms. The van der Waals surface area contributed by atoms with E-state index in [1.165, 1.54) is 6.26 Å². The van der Waals surface area contributed by atoms with E-state index >= 15 is 0 Å². The summed E-state index contributed by atoms with van der Waals surface area (Å²) in [6.45, 7) is -0.432. The minimum absolute atomic E-state index is 0.0436. The van der Waals surface area contributed by atoms with Crippen molar-refractivity contribution in [3.05, 3.63) is 42.7 Å². The predicted molar refractivity (Wildman–Crippen MR) is 77.0 cm³/mol. The van der Waals surface area contributed by atoms with E-state index in [-0.39, 0.29) is 6.01 Å². The smallest absolute Gasteiger partial charge is 0.341 e. The van der Waals surface area contributed by atoms with Gasteiger partial charge < -0.3 is 20.0 Å². The largest absolute Gasteiger partial charge is 0.481 e. The second-order valence-electron chi connectivity index (χ2n) is 4.41. The van der Waals surface area contributed by atoms with Gasteiger partial charge in [-0.2, -0.15) is 4.98 Å². The Hall–Kier alpha value is -3.02. The average Bonchev–Trinajstić information content (AvgIpc) is 2.90. The maximum absolute atomic E-state index is 10.7. The van der Waals surface area contributed by atoms with E-state index in [2.05, 4.69) is 4.98 Å². The van der Waals surface area contributed by atoms with Crippen LogP contribution in [0.5, 0.6) is 5.75 Å². The fraction of sp³-hybridized carbons (Fsp3) is 0.0667. The Morgan fingerprint density at radius 3 is 2.81 bits per heavy atom. The zero-order valence-corrected chi connectivity index (χ0v) is 10.9. The lowest BCUT2D eigenvalue weighted by molar-refractivity contribution is -0.139. The summed E-state index contributed by atoms with van der Waals surface area (Å²) in [6, 6.07) is 11.3. The van der Waals surface area contributed by atoms with E-state index < -0.39 is 12.6 Å². The Kier molecular flexibility index (Phi) is 3.19. The highest BCUT2D eigenvalue weighted by Crippen LogP contribution is 2.36. The maximum Gasteiger partial charge on any atom is 0.341 e. The molecule has 1 aromatic heterocycles. The van der Waals surface area contributed by atoms with Crippen LogP contribution in [-0.2, 0) is 4.79 Å². The molecular formula is C15H12N2O4. The number of nitrogens with zero attached hydrogens (tertiary/aromatic N) is 1. The van der Waals surface area contributed by atoms with Gasteiger partial charge >= 0.3 is 5.97 Å². The molecule has 0 spiro atoms. The van der Waals surface area contributed by atoms with Crippen LogP contribution in [0.15, 0.2) is 47.1 Å². The molecular weight excluding hydrogens is 272 g/mol. The molecule has 0 aliphatic heterocycles. The molecule has 3 N–H and O–H groups in total. The lowest BCUT2D eigenvalue weighted by Crippen LogP contribution is -2.10. The Bertz CT molecular complexity index is 810. The molecule has 0 radical (unpaired) electrons. The molecule has 3 rings (SSSR count). The standard InChI is InChI=1S/C15H12N2O4/c16-15-17-11(7-21-15)14-10-4-2-1-3-9(10)5-6-12(14)20-8-13(18)19/h1-7H,8H2,(H2,16,17)(H,18,19). The van der Waals surface area contributed by atoms with E-state index in [4.69, 9.17) is 20.0 Å². The number of hydrogen-bond acceptors (Lipinski definition) is 5. The number of hydrogen-bond donors (Lipinski definition) is 2. The third kappa shape index (κ3) is 2.51. The van der Waals surface area contributed by atoms with Crippen molar-refractivity contribution in [3.63, 3.8) is 0 Å². The number of carboxylic acid groups (broad SMARTS) is 1. The minimum atomic E-state index is -1.05. The van der Waals surface area contributed by atoms with Crippen molar-refractivity contribution in [1.29, 1.82) is 0 Å². The molecule has 0 atom stereocenters. The number of nitrogens with two attached hydrogens (primary N) is 1. The van der Waals surface area contributed by atoms with E-state index in [1.807, 2.05) is 30.3 Å². The first-order valence-corrected chi connectivity index (χ1v) is 6.23. The molecule has 0 saturated carbocycles. The monoisotopic (exact) mass is 284 g/mol. The Morgan fingerprint density at radius 1 is 1.29 bits per heavy atom. The number of carboxylic acids is 1. The number of carbonyl (C=O) groups is 1. The normalized spacial score (nSPS) is 10.7. The second-order valence-corrected chi connectivity index (χ2v) is 4.41. The summed E-state index contributed by atoms with van der Waals surface area (Å²) in [5, 5.41) is 10.6. The summed E-state index contributed by atoms with van der Waals surface area (Å²) in [5.74, 6) is -0.627. The van der Waals surface area contributed by atoms with Gasteiger partial charge in [-0.25, -0.2) is 4.79 Å². The van der Waals surface area contributed by atoms with Crippen LogP contribution >= 0.6 is 0 Å². The van der Waals surface area contributed by atoms with E-state index in [0.717, 1.165) is 10.8 Å². The molecule has 3 aromatic rings. The number of aliphatic carboxylic acids is 1. The van der Waals surface area contributed by atoms with E-state index in [0.29, 0.717) is 17.0 Å². The van der Waals surface area contributed by atoms with Gasteiger partial charge in [0.15, 0.2) is 6.61 Å². The molecule has 0 amide bonds. The van der Waals surface area contributed by atoms with Crippen molar-refractivity contribution < 1.29 is 19.1 Å². The highest BCUT2D eigenvalue weighted by Gasteiger charge is 2.15. The molecule has 1 heterocycles. The van der Waals surface area contributed by atoms with Crippen LogP contribution < -0.4 is 10.5 Å². The first-order valence-electron chi connectivity index (χ1n) is 6.23. The summed E-state index contributed by atoms with van der Waals surface area (Å²) < 4.78 is 10.4. The summed E-state index contributed by atoms with van der Waals surface area (Å²) in [6.07, 6.45) is 1.42. The van der Waals surface area contributed by atoms with Crippen LogP contribution in [-0.4, -0.2) is 22.7 Å². The van der Waals surface area contributed by atoms with Crippen LogP contribution in [0.3, 0.4) is 0 Å². The third-order valence-corrected chi connectivity index (χ3v) is 3.02. The third-order valence-electron chi connectivity index (χ3n) is 3.02. The number of ether oxygens (including phenoxy) is 1. The van der Waals surface area contributed by atoms with Crippen LogP contribution in [0.4, 0.5) is 6.01 Å². The number of anilines is 1. The van der Waals surface area contributed by atoms with Gasteiger partial charge in [-0.15, -0.1) is 0 Å². The number of benzene rings is 2. The quantitative estimate of drug-likeness (QED) is 0.763. The van der Waals surface area contributed by atoms with Crippen LogP contribution in [0, 0.1) is 0 Å². The molecule has 2 aromatic carbocycles. The maximum atomic E-state index is 10.7. The van der Waals surface area contributed by atoms with Gasteiger partial charge in [-0.3, -0.25) is 0 Å². The van der Waals surface area contributed by atoms with Crippen LogP contribution in [0.2, 0.25) is 0 Å². The summed E-state index contributed by atoms with van der Waals surface area (Å²) in [7, 11) is 0. The first kappa shape index (κ1) is 13.0. The molecule has 106 valence electrons. The summed E-state index contributed by atoms with van der Waals surface area (Å²) >= 11 is 0. The van der Waals surface area contributed by atoms with Crippen molar-refractivity contribution in [2.24, 2.45) is 0 Å². The highest BCUT2D eigenvalue weighted by molar-refractivity contribution is 5.99. The second kappa shape index (κ2) is 5.16. The lowest BCUT2D eigenvalue weighted by Gasteiger charge is -2.11. The van der Waals surface area contributed by atoms with Gasteiger partial charge in [0, 0.05) is 0 Å². The SMILES string of the molecule is Nc1nc(-c2c(OCC(=O)O)ccc3ccccc23)co1. The topological polar surface area (TPSA) is 98.6 Å². The van der Waals surface area contributed by atoms with Crippen molar-refractivity contribution in [3.8, 4) is 17.0 Å². The van der Waals surface area contributed by atoms with Gasteiger partial charge in [0.2, 0.25) is 0 Å². The van der Waals surface area contributed by atoms with Gasteiger partial charge in [-0.1, -0.05) is 30.3 Å². The first-order chi connectivity index (χ1) is 10.1. The van der Waals surface area contributed by atoms with Crippen molar-refractivity contribution in [2.45, 2.75) is 0 Å². The van der Waals surface area contributed by atoms with Crippen molar-refractivity contribution in [1.82, 2.24) is 4.98 Å². The molecule has 0 bridgehead atoms. The lowest BCUT2D eigenvalue weighted by atomic mass is 10.0. The zero-order chi connectivity index (χ0) is 14.8. The molecule has 6 nitrogen and oxygen atoms in total. The fourth-order valence-electron chi connectivity index (χ4n) is 2.18. The Balaban J connectivity index is 2.20. The molecule has 6 heteroatoms. The number of rotatable bonds is 4. The summed E-state index contributed by atoms with van der Waals surface area (Å²) in [5.41, 5.74) is 6.69. The summed E-state index contributed by atoms with van der Waals surface area (Å²) in [4.78, 5) is 14.8. The number of nitrogen functional groups attached to an aromatic ring is 1.